The second kappa shape index (κ2) is 6.13. The molecule has 3 atom stereocenters. The SMILES string of the molecule is CCCCCC1CCC2C(=O)c3ccccc3C(=O)C2C1. The van der Waals surface area contributed by atoms with Gasteiger partial charge in [0, 0.05) is 23.0 Å². The van der Waals surface area contributed by atoms with Gasteiger partial charge in [-0.25, -0.2) is 0 Å². The molecule has 0 spiro atoms. The van der Waals surface area contributed by atoms with E-state index in [1.54, 1.807) is 0 Å². The number of carbonyl (C=O) groups is 2. The minimum atomic E-state index is -0.0484. The van der Waals surface area contributed by atoms with Crippen molar-refractivity contribution in [2.45, 2.75) is 51.9 Å². The normalized spacial score (nSPS) is 28.1. The summed E-state index contributed by atoms with van der Waals surface area (Å²) >= 11 is 0. The fourth-order valence-electron chi connectivity index (χ4n) is 4.12. The Morgan fingerprint density at radius 3 is 2.29 bits per heavy atom. The zero-order valence-electron chi connectivity index (χ0n) is 12.8. The number of benzene rings is 1. The maximum absolute atomic E-state index is 12.7. The Kier molecular flexibility index (Phi) is 4.23. The highest BCUT2D eigenvalue weighted by molar-refractivity contribution is 6.16. The lowest BCUT2D eigenvalue weighted by Gasteiger charge is -2.38. The molecular formula is C19H24O2. The predicted molar refractivity (Wildman–Crippen MR) is 83.6 cm³/mol. The number of ketones is 2. The molecule has 2 heteroatoms. The van der Waals surface area contributed by atoms with Gasteiger partial charge in [0.25, 0.3) is 0 Å². The van der Waals surface area contributed by atoms with E-state index in [0.717, 1.165) is 19.3 Å². The molecule has 2 aliphatic rings. The molecule has 0 saturated heterocycles. The Balaban J connectivity index is 1.77. The lowest BCUT2D eigenvalue weighted by Crippen LogP contribution is -2.40. The summed E-state index contributed by atoms with van der Waals surface area (Å²) in [6.45, 7) is 2.22. The van der Waals surface area contributed by atoms with Crippen LogP contribution < -0.4 is 0 Å². The lowest BCUT2D eigenvalue weighted by molar-refractivity contribution is 0.0623. The molecule has 21 heavy (non-hydrogen) atoms. The van der Waals surface area contributed by atoms with Crippen molar-refractivity contribution in [2.75, 3.05) is 0 Å². The van der Waals surface area contributed by atoms with Crippen LogP contribution in [0.3, 0.4) is 0 Å². The van der Waals surface area contributed by atoms with Crippen LogP contribution in [0, 0.1) is 17.8 Å². The molecule has 0 radical (unpaired) electrons. The van der Waals surface area contributed by atoms with Gasteiger partial charge in [0.15, 0.2) is 11.6 Å². The van der Waals surface area contributed by atoms with Crippen LogP contribution in [0.1, 0.15) is 72.6 Å². The van der Waals surface area contributed by atoms with E-state index in [0.29, 0.717) is 17.0 Å². The number of rotatable bonds is 4. The van der Waals surface area contributed by atoms with E-state index < -0.39 is 0 Å². The summed E-state index contributed by atoms with van der Waals surface area (Å²) < 4.78 is 0. The van der Waals surface area contributed by atoms with Crippen molar-refractivity contribution in [3.05, 3.63) is 35.4 Å². The molecule has 1 aromatic rings. The largest absolute Gasteiger partial charge is 0.294 e. The molecule has 0 N–H and O–H groups in total. The standard InChI is InChI=1S/C19H24O2/c1-2-3-4-7-13-10-11-16-17(12-13)19(21)15-9-6-5-8-14(15)18(16)20/h5-6,8-9,13,16-17H,2-4,7,10-12H2,1H3. The Hall–Kier alpha value is -1.44. The first kappa shape index (κ1) is 14.5. The van der Waals surface area contributed by atoms with Crippen LogP contribution in [0.15, 0.2) is 24.3 Å². The minimum Gasteiger partial charge on any atom is -0.294 e. The molecular weight excluding hydrogens is 260 g/mol. The van der Waals surface area contributed by atoms with Crippen molar-refractivity contribution in [1.29, 1.82) is 0 Å². The van der Waals surface area contributed by atoms with Crippen LogP contribution in [-0.4, -0.2) is 11.6 Å². The second-order valence-corrected chi connectivity index (χ2v) is 6.66. The van der Waals surface area contributed by atoms with Crippen LogP contribution in [0.4, 0.5) is 0 Å². The van der Waals surface area contributed by atoms with Crippen LogP contribution in [-0.2, 0) is 0 Å². The summed E-state index contributed by atoms with van der Waals surface area (Å²) in [6.07, 6.45) is 7.95. The van der Waals surface area contributed by atoms with E-state index in [2.05, 4.69) is 6.92 Å². The fraction of sp³-hybridized carbons (Fsp3) is 0.579. The van der Waals surface area contributed by atoms with Gasteiger partial charge in [0.2, 0.25) is 0 Å². The molecule has 0 heterocycles. The third kappa shape index (κ3) is 2.68. The average molecular weight is 284 g/mol. The maximum atomic E-state index is 12.7. The van der Waals surface area contributed by atoms with Crippen LogP contribution >= 0.6 is 0 Å². The van der Waals surface area contributed by atoms with Crippen molar-refractivity contribution in [3.63, 3.8) is 0 Å². The van der Waals surface area contributed by atoms with Crippen molar-refractivity contribution in [1.82, 2.24) is 0 Å². The highest BCUT2D eigenvalue weighted by Gasteiger charge is 2.44. The molecule has 2 aliphatic carbocycles. The Morgan fingerprint density at radius 2 is 1.62 bits per heavy atom. The summed E-state index contributed by atoms with van der Waals surface area (Å²) in [5.41, 5.74) is 1.33. The summed E-state index contributed by atoms with van der Waals surface area (Å²) in [6, 6.07) is 7.37. The van der Waals surface area contributed by atoms with Crippen molar-refractivity contribution in [2.24, 2.45) is 17.8 Å². The zero-order chi connectivity index (χ0) is 14.8. The number of unbranched alkanes of at least 4 members (excludes halogenated alkanes) is 2. The maximum Gasteiger partial charge on any atom is 0.167 e. The summed E-state index contributed by atoms with van der Waals surface area (Å²) in [5.74, 6) is 0.972. The van der Waals surface area contributed by atoms with E-state index in [4.69, 9.17) is 0 Å². The van der Waals surface area contributed by atoms with Gasteiger partial charge in [-0.2, -0.15) is 0 Å². The molecule has 3 unspecified atom stereocenters. The van der Waals surface area contributed by atoms with Gasteiger partial charge in [-0.15, -0.1) is 0 Å². The molecule has 112 valence electrons. The highest BCUT2D eigenvalue weighted by atomic mass is 16.1. The van der Waals surface area contributed by atoms with E-state index >= 15 is 0 Å². The Morgan fingerprint density at radius 1 is 0.952 bits per heavy atom. The first-order valence-corrected chi connectivity index (χ1v) is 8.39. The molecule has 0 bridgehead atoms. The van der Waals surface area contributed by atoms with Crippen LogP contribution in [0.2, 0.25) is 0 Å². The number of fused-ring (bicyclic) bond motifs is 2. The molecule has 1 aromatic carbocycles. The smallest absolute Gasteiger partial charge is 0.167 e. The average Bonchev–Trinajstić information content (AvgIpc) is 2.53. The van der Waals surface area contributed by atoms with Gasteiger partial charge in [-0.1, -0.05) is 56.9 Å². The molecule has 0 amide bonds. The number of Topliss-reactive ketones (excluding diaryl/α,β-unsaturated/α-hetero) is 2. The third-order valence-corrected chi connectivity index (χ3v) is 5.31. The topological polar surface area (TPSA) is 34.1 Å². The molecule has 0 aromatic heterocycles. The molecule has 3 rings (SSSR count). The summed E-state index contributed by atoms with van der Waals surface area (Å²) in [7, 11) is 0. The lowest BCUT2D eigenvalue weighted by atomic mass is 9.64. The number of hydrogen-bond acceptors (Lipinski definition) is 2. The predicted octanol–water partition coefficient (Wildman–Crippen LogP) is 4.68. The number of carbonyl (C=O) groups excluding carboxylic acids is 2. The molecule has 1 fully saturated rings. The highest BCUT2D eigenvalue weighted by Crippen LogP contribution is 2.43. The van der Waals surface area contributed by atoms with Gasteiger partial charge >= 0.3 is 0 Å². The van der Waals surface area contributed by atoms with Gasteiger partial charge in [-0.05, 0) is 25.2 Å². The van der Waals surface area contributed by atoms with Crippen LogP contribution in [0.25, 0.3) is 0 Å². The summed E-state index contributed by atoms with van der Waals surface area (Å²) in [5, 5.41) is 0. The number of hydrogen-bond donors (Lipinski definition) is 0. The first-order chi connectivity index (χ1) is 10.2. The summed E-state index contributed by atoms with van der Waals surface area (Å²) in [4.78, 5) is 25.3. The van der Waals surface area contributed by atoms with Crippen LogP contribution in [0.5, 0.6) is 0 Å². The monoisotopic (exact) mass is 284 g/mol. The molecule has 0 aliphatic heterocycles. The van der Waals surface area contributed by atoms with Crippen molar-refractivity contribution >= 4 is 11.6 Å². The zero-order valence-corrected chi connectivity index (χ0v) is 12.8. The quantitative estimate of drug-likeness (QED) is 0.752. The second-order valence-electron chi connectivity index (χ2n) is 6.66. The van der Waals surface area contributed by atoms with Crippen molar-refractivity contribution in [3.8, 4) is 0 Å². The van der Waals surface area contributed by atoms with Crippen molar-refractivity contribution < 1.29 is 9.59 Å². The minimum absolute atomic E-state index is 0.0465. The Bertz CT molecular complexity index is 546. The molecule has 2 nitrogen and oxygen atoms in total. The first-order valence-electron chi connectivity index (χ1n) is 8.39. The van der Waals surface area contributed by atoms with Gasteiger partial charge in [0.1, 0.15) is 0 Å². The van der Waals surface area contributed by atoms with Gasteiger partial charge < -0.3 is 0 Å². The van der Waals surface area contributed by atoms with E-state index in [9.17, 15) is 9.59 Å². The fourth-order valence-corrected chi connectivity index (χ4v) is 4.12. The third-order valence-electron chi connectivity index (χ3n) is 5.31. The van der Waals surface area contributed by atoms with E-state index in [1.807, 2.05) is 24.3 Å². The van der Waals surface area contributed by atoms with E-state index in [-0.39, 0.29) is 23.4 Å². The van der Waals surface area contributed by atoms with Gasteiger partial charge in [0.05, 0.1) is 0 Å². The van der Waals surface area contributed by atoms with Gasteiger partial charge in [-0.3, -0.25) is 9.59 Å². The Labute approximate surface area is 126 Å². The molecule has 1 saturated carbocycles. The van der Waals surface area contributed by atoms with E-state index in [1.165, 1.54) is 25.7 Å².